The fourth-order valence-electron chi connectivity index (χ4n) is 4.29. The lowest BCUT2D eigenvalue weighted by molar-refractivity contribution is -0.134. The lowest BCUT2D eigenvalue weighted by Crippen LogP contribution is -2.43. The minimum Gasteiger partial charge on any atom is -0.332 e. The first-order chi connectivity index (χ1) is 14.9. The van der Waals surface area contributed by atoms with Gasteiger partial charge in [0.1, 0.15) is 5.82 Å². The molecule has 166 valence electrons. The molecule has 0 spiro atoms. The van der Waals surface area contributed by atoms with Crippen LogP contribution in [-0.4, -0.2) is 57.3 Å². The van der Waals surface area contributed by atoms with Gasteiger partial charge in [-0.1, -0.05) is 6.07 Å². The average Bonchev–Trinajstić information content (AvgIpc) is 2.79. The molecule has 0 bridgehead atoms. The summed E-state index contributed by atoms with van der Waals surface area (Å²) in [6.45, 7) is 2.57. The van der Waals surface area contributed by atoms with Crippen LogP contribution in [0.2, 0.25) is 0 Å². The number of aromatic nitrogens is 3. The van der Waals surface area contributed by atoms with Gasteiger partial charge in [0, 0.05) is 38.4 Å². The van der Waals surface area contributed by atoms with Gasteiger partial charge in [-0.25, -0.2) is 13.4 Å². The van der Waals surface area contributed by atoms with Crippen molar-refractivity contribution in [1.29, 1.82) is 0 Å². The van der Waals surface area contributed by atoms with Gasteiger partial charge >= 0.3 is 0 Å². The average molecular weight is 446 g/mol. The molecule has 1 N–H and O–H groups in total. The zero-order valence-corrected chi connectivity index (χ0v) is 18.4. The van der Waals surface area contributed by atoms with E-state index in [1.165, 1.54) is 4.31 Å². The van der Waals surface area contributed by atoms with Crippen molar-refractivity contribution in [1.82, 2.24) is 24.2 Å². The Morgan fingerprint density at radius 3 is 2.87 bits per heavy atom. The largest absolute Gasteiger partial charge is 0.332 e. The van der Waals surface area contributed by atoms with E-state index in [2.05, 4.69) is 9.97 Å². The fourth-order valence-corrected chi connectivity index (χ4v) is 5.35. The van der Waals surface area contributed by atoms with E-state index in [1.807, 2.05) is 6.07 Å². The predicted molar refractivity (Wildman–Crippen MR) is 115 cm³/mol. The van der Waals surface area contributed by atoms with Crippen molar-refractivity contribution >= 4 is 15.9 Å². The van der Waals surface area contributed by atoms with Crippen LogP contribution in [0.15, 0.2) is 29.3 Å². The monoisotopic (exact) mass is 445 g/mol. The quantitative estimate of drug-likeness (QED) is 0.738. The van der Waals surface area contributed by atoms with Gasteiger partial charge in [-0.05, 0) is 37.8 Å². The standard InChI is InChI=1S/C21H27N5O4S/c1-2-31(29,30)25-11-8-17-16(14-25)21(28)24-20(23-17)18-7-3-4-10-26(18)19(27)12-15-6-5-9-22-13-15/h5-6,9,13,18H,2-4,7-8,10-12,14H2,1H3,(H,23,24,28)/t18-/m1/s1. The number of nitrogens with one attached hydrogen (secondary N) is 1. The normalized spacial score (nSPS) is 19.8. The van der Waals surface area contributed by atoms with Crippen molar-refractivity contribution in [3.8, 4) is 0 Å². The number of rotatable bonds is 5. The fraction of sp³-hybridized carbons (Fsp3) is 0.524. The number of sulfonamides is 1. The Hall–Kier alpha value is -2.59. The number of pyridine rings is 1. The molecule has 2 aliphatic rings. The highest BCUT2D eigenvalue weighted by Crippen LogP contribution is 2.30. The topological polar surface area (TPSA) is 116 Å². The molecule has 2 aromatic rings. The van der Waals surface area contributed by atoms with Crippen LogP contribution in [0.25, 0.3) is 0 Å². The molecule has 1 fully saturated rings. The van der Waals surface area contributed by atoms with Gasteiger partial charge in [-0.2, -0.15) is 4.31 Å². The zero-order chi connectivity index (χ0) is 22.0. The molecule has 0 radical (unpaired) electrons. The third-order valence-electron chi connectivity index (χ3n) is 6.03. The summed E-state index contributed by atoms with van der Waals surface area (Å²) in [5.74, 6) is 0.482. The Bertz CT molecular complexity index is 1120. The van der Waals surface area contributed by atoms with Crippen LogP contribution in [0.4, 0.5) is 0 Å². The Balaban J connectivity index is 1.59. The van der Waals surface area contributed by atoms with E-state index in [4.69, 9.17) is 4.98 Å². The summed E-state index contributed by atoms with van der Waals surface area (Å²) in [6, 6.07) is 3.40. The Kier molecular flexibility index (Phi) is 6.19. The summed E-state index contributed by atoms with van der Waals surface area (Å²) in [4.78, 5) is 39.3. The second-order valence-electron chi connectivity index (χ2n) is 8.00. The number of hydrogen-bond donors (Lipinski definition) is 1. The molecule has 4 heterocycles. The summed E-state index contributed by atoms with van der Waals surface area (Å²) in [6.07, 6.45) is 6.60. The third kappa shape index (κ3) is 4.54. The highest BCUT2D eigenvalue weighted by molar-refractivity contribution is 7.89. The van der Waals surface area contributed by atoms with Crippen LogP contribution in [0.5, 0.6) is 0 Å². The molecular weight excluding hydrogens is 418 g/mol. The van der Waals surface area contributed by atoms with Crippen LogP contribution >= 0.6 is 0 Å². The summed E-state index contributed by atoms with van der Waals surface area (Å²) in [5, 5.41) is 0. The number of fused-ring (bicyclic) bond motifs is 1. The molecule has 0 aliphatic carbocycles. The maximum atomic E-state index is 13.0. The van der Waals surface area contributed by atoms with Crippen LogP contribution in [0.1, 0.15) is 54.9 Å². The molecule has 0 unspecified atom stereocenters. The number of amides is 1. The number of likely N-dealkylation sites (tertiary alicyclic amines) is 1. The van der Waals surface area contributed by atoms with E-state index in [-0.39, 0.29) is 36.2 Å². The molecular formula is C21H27N5O4S. The van der Waals surface area contributed by atoms with Gasteiger partial charge in [0.05, 0.1) is 29.5 Å². The Labute approximate surface area is 181 Å². The van der Waals surface area contributed by atoms with E-state index in [0.29, 0.717) is 36.6 Å². The number of H-pyrrole nitrogens is 1. The third-order valence-corrected chi connectivity index (χ3v) is 7.86. The molecule has 10 heteroatoms. The van der Waals surface area contributed by atoms with Crippen molar-refractivity contribution in [2.75, 3.05) is 18.8 Å². The van der Waals surface area contributed by atoms with Crippen molar-refractivity contribution in [2.45, 2.75) is 51.6 Å². The number of carbonyl (C=O) groups is 1. The SMILES string of the molecule is CCS(=O)(=O)N1CCc2nc([C@H]3CCCCN3C(=O)Cc3cccnc3)[nH]c(=O)c2C1. The number of hydrogen-bond acceptors (Lipinski definition) is 6. The highest BCUT2D eigenvalue weighted by Gasteiger charge is 2.33. The molecule has 2 aromatic heterocycles. The number of piperidine rings is 1. The molecule has 4 rings (SSSR count). The van der Waals surface area contributed by atoms with Gasteiger partial charge in [0.2, 0.25) is 15.9 Å². The van der Waals surface area contributed by atoms with Gasteiger partial charge in [0.25, 0.3) is 5.56 Å². The van der Waals surface area contributed by atoms with E-state index >= 15 is 0 Å². The van der Waals surface area contributed by atoms with Crippen LogP contribution in [0, 0.1) is 0 Å². The first-order valence-electron chi connectivity index (χ1n) is 10.7. The number of nitrogens with zero attached hydrogens (tertiary/aromatic N) is 4. The maximum absolute atomic E-state index is 13.0. The molecule has 9 nitrogen and oxygen atoms in total. The first-order valence-corrected chi connectivity index (χ1v) is 12.3. The summed E-state index contributed by atoms with van der Waals surface area (Å²) < 4.78 is 25.7. The zero-order valence-electron chi connectivity index (χ0n) is 17.6. The molecule has 1 amide bonds. The lowest BCUT2D eigenvalue weighted by Gasteiger charge is -2.36. The minimum absolute atomic E-state index is 0.00182. The van der Waals surface area contributed by atoms with Crippen LogP contribution in [-0.2, 0) is 34.2 Å². The summed E-state index contributed by atoms with van der Waals surface area (Å²) in [5.41, 5.74) is 1.56. The molecule has 1 saturated heterocycles. The smallest absolute Gasteiger partial charge is 0.255 e. The van der Waals surface area contributed by atoms with Crippen molar-refractivity contribution in [3.05, 3.63) is 57.5 Å². The predicted octanol–water partition coefficient (Wildman–Crippen LogP) is 1.17. The van der Waals surface area contributed by atoms with E-state index in [1.54, 1.807) is 30.3 Å². The van der Waals surface area contributed by atoms with Crippen LogP contribution < -0.4 is 5.56 Å². The van der Waals surface area contributed by atoms with Crippen molar-refractivity contribution < 1.29 is 13.2 Å². The van der Waals surface area contributed by atoms with Gasteiger partial charge in [-0.3, -0.25) is 14.6 Å². The van der Waals surface area contributed by atoms with Gasteiger partial charge < -0.3 is 9.88 Å². The molecule has 31 heavy (non-hydrogen) atoms. The van der Waals surface area contributed by atoms with Crippen molar-refractivity contribution in [2.24, 2.45) is 0 Å². The van der Waals surface area contributed by atoms with Crippen molar-refractivity contribution in [3.63, 3.8) is 0 Å². The van der Waals surface area contributed by atoms with E-state index in [0.717, 1.165) is 24.8 Å². The highest BCUT2D eigenvalue weighted by atomic mass is 32.2. The lowest BCUT2D eigenvalue weighted by atomic mass is 9.99. The van der Waals surface area contributed by atoms with E-state index in [9.17, 15) is 18.0 Å². The molecule has 1 atom stereocenters. The summed E-state index contributed by atoms with van der Waals surface area (Å²) >= 11 is 0. The maximum Gasteiger partial charge on any atom is 0.255 e. The second kappa shape index (κ2) is 8.88. The number of carbonyl (C=O) groups excluding carboxylic acids is 1. The molecule has 2 aliphatic heterocycles. The molecule has 0 aromatic carbocycles. The Morgan fingerprint density at radius 2 is 2.13 bits per heavy atom. The second-order valence-corrected chi connectivity index (χ2v) is 10.3. The van der Waals surface area contributed by atoms with Gasteiger partial charge in [-0.15, -0.1) is 0 Å². The molecule has 0 saturated carbocycles. The van der Waals surface area contributed by atoms with E-state index < -0.39 is 10.0 Å². The van der Waals surface area contributed by atoms with Gasteiger partial charge in [0.15, 0.2) is 0 Å². The summed E-state index contributed by atoms with van der Waals surface area (Å²) in [7, 11) is -3.37. The Morgan fingerprint density at radius 1 is 1.29 bits per heavy atom. The first kappa shape index (κ1) is 21.6. The van der Waals surface area contributed by atoms with Crippen LogP contribution in [0.3, 0.4) is 0 Å². The number of aromatic amines is 1. The minimum atomic E-state index is -3.37.